The first kappa shape index (κ1) is 21.3. The lowest BCUT2D eigenvalue weighted by Gasteiger charge is -2.61. The number of aromatic hydroxyl groups is 1. The Kier molecular flexibility index (Phi) is 4.76. The normalized spacial score (nSPS) is 34.4. The molecule has 3 fully saturated rings. The number of likely N-dealkylation sites (tertiary alicyclic amines) is 1. The molecule has 0 aromatic heterocycles. The van der Waals surface area contributed by atoms with E-state index in [0.29, 0.717) is 25.1 Å². The maximum atomic E-state index is 13.6. The van der Waals surface area contributed by atoms with E-state index in [2.05, 4.69) is 36.5 Å². The smallest absolute Gasteiger partial charge is 0.226 e. The molecule has 1 saturated heterocycles. The Balaban J connectivity index is 1.36. The number of fused-ring (bicyclic) bond motifs is 4. The predicted octanol–water partition coefficient (Wildman–Crippen LogP) is 3.08. The third-order valence-corrected chi connectivity index (χ3v) is 11.0. The minimum Gasteiger partial charge on any atom is -0.508 e. The molecule has 0 radical (unpaired) electrons. The number of phenolic OH excluding ortho intramolecular Hbond substituents is 1. The zero-order valence-electron chi connectivity index (χ0n) is 18.7. The Bertz CT molecular complexity index is 1020. The topological polar surface area (TPSA) is 86.7 Å². The monoisotopic (exact) mass is 446 g/mol. The maximum Gasteiger partial charge on any atom is 0.226 e. The second-order valence-electron chi connectivity index (χ2n) is 10.9. The highest BCUT2D eigenvalue weighted by Gasteiger charge is 2.57. The Morgan fingerprint density at radius 3 is 2.61 bits per heavy atom. The molecule has 2 bridgehead atoms. The van der Waals surface area contributed by atoms with Crippen LogP contribution in [0.2, 0.25) is 0 Å². The van der Waals surface area contributed by atoms with Crippen molar-refractivity contribution in [3.05, 3.63) is 29.3 Å². The van der Waals surface area contributed by atoms with Crippen molar-refractivity contribution in [2.24, 2.45) is 11.3 Å². The largest absolute Gasteiger partial charge is 0.508 e. The van der Waals surface area contributed by atoms with E-state index in [1.165, 1.54) is 5.56 Å². The molecule has 2 unspecified atom stereocenters. The number of nitrogens with zero attached hydrogens (tertiary/aromatic N) is 1. The number of carbonyl (C=O) groups is 1. The summed E-state index contributed by atoms with van der Waals surface area (Å²) in [6, 6.07) is 5.71. The van der Waals surface area contributed by atoms with Gasteiger partial charge in [-0.25, -0.2) is 13.1 Å². The summed E-state index contributed by atoms with van der Waals surface area (Å²) in [5.41, 5.74) is 1.98. The fourth-order valence-electron chi connectivity index (χ4n) is 6.44. The molecule has 2 N–H and O–H groups in total. The highest BCUT2D eigenvalue weighted by atomic mass is 32.2. The van der Waals surface area contributed by atoms with Crippen LogP contribution in [-0.2, 0) is 26.7 Å². The molecular formula is C24H34N2O4S. The number of nitrogens with one attached hydrogen (secondary N) is 1. The van der Waals surface area contributed by atoms with E-state index in [0.717, 1.165) is 37.7 Å². The van der Waals surface area contributed by atoms with Gasteiger partial charge in [0.25, 0.3) is 0 Å². The van der Waals surface area contributed by atoms with Crippen LogP contribution < -0.4 is 4.72 Å². The summed E-state index contributed by atoms with van der Waals surface area (Å²) in [5, 5.41) is 10.3. The van der Waals surface area contributed by atoms with Crippen LogP contribution in [0, 0.1) is 11.3 Å². The summed E-state index contributed by atoms with van der Waals surface area (Å²) in [6.45, 7) is 7.50. The summed E-state index contributed by atoms with van der Waals surface area (Å²) < 4.78 is 27.5. The van der Waals surface area contributed by atoms with E-state index < -0.39 is 10.0 Å². The Morgan fingerprint density at radius 1 is 1.16 bits per heavy atom. The Labute approximate surface area is 185 Å². The van der Waals surface area contributed by atoms with Crippen molar-refractivity contribution in [1.29, 1.82) is 0 Å². The van der Waals surface area contributed by atoms with Crippen molar-refractivity contribution >= 4 is 15.9 Å². The van der Waals surface area contributed by atoms with Gasteiger partial charge < -0.3 is 10.0 Å². The average Bonchev–Trinajstić information content (AvgIpc) is 3.46. The molecule has 1 aromatic carbocycles. The standard InChI is InChI=1S/C24H34N2O4S/c1-23(2)21-14-18-19(5-4-6-20(18)27)24(23,3)11-12-26(21)22(28)15-7-8-16(13-15)25-31(29,30)17-9-10-17/h4-6,15-17,21,25,27H,7-14H2,1-3H3/t15?,16?,21-,24+/m1/s1. The van der Waals surface area contributed by atoms with Gasteiger partial charge in [0, 0.05) is 30.0 Å². The summed E-state index contributed by atoms with van der Waals surface area (Å²) >= 11 is 0. The number of phenols is 1. The van der Waals surface area contributed by atoms with Gasteiger partial charge in [0.15, 0.2) is 0 Å². The number of benzene rings is 1. The second kappa shape index (κ2) is 6.95. The highest BCUT2D eigenvalue weighted by Crippen LogP contribution is 2.57. The van der Waals surface area contributed by atoms with E-state index in [1.807, 2.05) is 6.07 Å². The molecule has 3 aliphatic carbocycles. The Morgan fingerprint density at radius 2 is 1.90 bits per heavy atom. The molecule has 170 valence electrons. The van der Waals surface area contributed by atoms with Crippen LogP contribution in [0.5, 0.6) is 5.75 Å². The van der Waals surface area contributed by atoms with Crippen molar-refractivity contribution < 1.29 is 18.3 Å². The second-order valence-corrected chi connectivity index (χ2v) is 12.9. The van der Waals surface area contributed by atoms with Crippen LogP contribution >= 0.6 is 0 Å². The minimum absolute atomic E-state index is 0.0294. The highest BCUT2D eigenvalue weighted by molar-refractivity contribution is 7.90. The number of rotatable bonds is 4. The maximum absolute atomic E-state index is 13.6. The van der Waals surface area contributed by atoms with Crippen molar-refractivity contribution in [2.45, 2.75) is 88.5 Å². The van der Waals surface area contributed by atoms with Crippen LogP contribution in [0.1, 0.15) is 70.4 Å². The van der Waals surface area contributed by atoms with Crippen molar-refractivity contribution in [3.63, 3.8) is 0 Å². The van der Waals surface area contributed by atoms with Crippen LogP contribution in [-0.4, -0.2) is 48.2 Å². The van der Waals surface area contributed by atoms with Gasteiger partial charge >= 0.3 is 0 Å². The lowest BCUT2D eigenvalue weighted by molar-refractivity contribution is -0.148. The summed E-state index contributed by atoms with van der Waals surface area (Å²) in [4.78, 5) is 15.7. The molecule has 7 heteroatoms. The number of carbonyl (C=O) groups excluding carboxylic acids is 1. The molecule has 2 saturated carbocycles. The van der Waals surface area contributed by atoms with E-state index in [4.69, 9.17) is 0 Å². The van der Waals surface area contributed by atoms with Gasteiger partial charge in [-0.3, -0.25) is 4.79 Å². The first-order chi connectivity index (χ1) is 14.5. The van der Waals surface area contributed by atoms with Gasteiger partial charge in [-0.05, 0) is 67.6 Å². The number of sulfonamides is 1. The van der Waals surface area contributed by atoms with Gasteiger partial charge in [-0.15, -0.1) is 0 Å². The Hall–Kier alpha value is -1.60. The molecule has 4 atom stereocenters. The van der Waals surface area contributed by atoms with E-state index in [1.54, 1.807) is 6.07 Å². The molecule has 1 heterocycles. The van der Waals surface area contributed by atoms with E-state index in [9.17, 15) is 18.3 Å². The molecule has 1 amide bonds. The number of piperidine rings is 1. The van der Waals surface area contributed by atoms with Crippen molar-refractivity contribution in [1.82, 2.24) is 9.62 Å². The molecule has 5 rings (SSSR count). The average molecular weight is 447 g/mol. The molecule has 4 aliphatic rings. The van der Waals surface area contributed by atoms with Crippen molar-refractivity contribution in [3.8, 4) is 5.75 Å². The third-order valence-electron chi connectivity index (χ3n) is 8.99. The first-order valence-electron chi connectivity index (χ1n) is 11.7. The lowest BCUT2D eigenvalue weighted by atomic mass is 9.51. The molecule has 6 nitrogen and oxygen atoms in total. The zero-order chi connectivity index (χ0) is 22.2. The summed E-state index contributed by atoms with van der Waals surface area (Å²) in [7, 11) is -3.23. The van der Waals surface area contributed by atoms with Gasteiger partial charge in [0.2, 0.25) is 15.9 Å². The van der Waals surface area contributed by atoms with Gasteiger partial charge in [0.05, 0.1) is 5.25 Å². The SMILES string of the molecule is CC1(C)[C@H]2Cc3c(O)cccc3[C@]1(C)CCN2C(=O)C1CCC(NS(=O)(=O)C2CC2)C1. The minimum atomic E-state index is -3.23. The first-order valence-corrected chi connectivity index (χ1v) is 13.2. The molecular weight excluding hydrogens is 412 g/mol. The number of hydrogen-bond donors (Lipinski definition) is 2. The van der Waals surface area contributed by atoms with Crippen LogP contribution in [0.15, 0.2) is 18.2 Å². The summed E-state index contributed by atoms with van der Waals surface area (Å²) in [6.07, 6.45) is 5.09. The number of hydrogen-bond acceptors (Lipinski definition) is 4. The fourth-order valence-corrected chi connectivity index (χ4v) is 8.07. The van der Waals surface area contributed by atoms with E-state index in [-0.39, 0.29) is 40.0 Å². The predicted molar refractivity (Wildman–Crippen MR) is 119 cm³/mol. The zero-order valence-corrected chi connectivity index (χ0v) is 19.5. The fraction of sp³-hybridized carbons (Fsp3) is 0.708. The summed E-state index contributed by atoms with van der Waals surface area (Å²) in [5.74, 6) is 0.360. The van der Waals surface area contributed by atoms with Crippen LogP contribution in [0.3, 0.4) is 0 Å². The van der Waals surface area contributed by atoms with Crippen LogP contribution in [0.25, 0.3) is 0 Å². The molecule has 31 heavy (non-hydrogen) atoms. The van der Waals surface area contributed by atoms with Crippen molar-refractivity contribution in [2.75, 3.05) is 6.54 Å². The lowest BCUT2D eigenvalue weighted by Crippen LogP contribution is -2.65. The van der Waals surface area contributed by atoms with Gasteiger partial charge in [0.1, 0.15) is 5.75 Å². The van der Waals surface area contributed by atoms with Crippen LogP contribution in [0.4, 0.5) is 0 Å². The third kappa shape index (κ3) is 3.22. The quantitative estimate of drug-likeness (QED) is 0.744. The molecule has 1 aliphatic heterocycles. The molecule has 1 aromatic rings. The number of amides is 1. The van der Waals surface area contributed by atoms with Gasteiger partial charge in [-0.1, -0.05) is 32.9 Å². The van der Waals surface area contributed by atoms with Gasteiger partial charge in [-0.2, -0.15) is 0 Å². The van der Waals surface area contributed by atoms with E-state index >= 15 is 0 Å². The molecule has 0 spiro atoms.